The van der Waals surface area contributed by atoms with Crippen molar-refractivity contribution in [3.05, 3.63) is 34.9 Å². The predicted octanol–water partition coefficient (Wildman–Crippen LogP) is 2.74. The number of halogens is 2. The SMILES string of the molecule is Cc1ccc(C(C)(N)C(F)F)cc1C. The minimum absolute atomic E-state index is 0.482. The second-order valence-electron chi connectivity index (χ2n) is 3.88. The molecule has 3 heteroatoms. The highest BCUT2D eigenvalue weighted by atomic mass is 19.3. The Labute approximate surface area is 82.9 Å². The molecule has 78 valence electrons. The maximum atomic E-state index is 12.6. The van der Waals surface area contributed by atoms with E-state index in [9.17, 15) is 8.78 Å². The fourth-order valence-corrected chi connectivity index (χ4v) is 1.20. The Kier molecular flexibility index (Phi) is 2.90. The predicted molar refractivity (Wildman–Crippen MR) is 53.5 cm³/mol. The Hall–Kier alpha value is -0.960. The largest absolute Gasteiger partial charge is 0.317 e. The highest BCUT2D eigenvalue weighted by Gasteiger charge is 2.32. The van der Waals surface area contributed by atoms with Crippen molar-refractivity contribution in [2.45, 2.75) is 32.7 Å². The summed E-state index contributed by atoms with van der Waals surface area (Å²) in [6.45, 7) is 5.18. The van der Waals surface area contributed by atoms with E-state index in [4.69, 9.17) is 5.73 Å². The molecule has 1 unspecified atom stereocenters. The summed E-state index contributed by atoms with van der Waals surface area (Å²) in [5, 5.41) is 0. The van der Waals surface area contributed by atoms with Crippen molar-refractivity contribution >= 4 is 0 Å². The molecule has 0 saturated carbocycles. The smallest absolute Gasteiger partial charge is 0.260 e. The van der Waals surface area contributed by atoms with Crippen LogP contribution in [0.4, 0.5) is 8.78 Å². The van der Waals surface area contributed by atoms with Gasteiger partial charge in [0.05, 0.1) is 5.54 Å². The molecule has 0 aromatic heterocycles. The third kappa shape index (κ3) is 1.93. The number of alkyl halides is 2. The molecule has 1 atom stereocenters. The maximum Gasteiger partial charge on any atom is 0.260 e. The van der Waals surface area contributed by atoms with E-state index in [-0.39, 0.29) is 0 Å². The van der Waals surface area contributed by atoms with Gasteiger partial charge in [-0.25, -0.2) is 8.78 Å². The lowest BCUT2D eigenvalue weighted by atomic mass is 9.91. The lowest BCUT2D eigenvalue weighted by Gasteiger charge is -2.24. The van der Waals surface area contributed by atoms with Crippen LogP contribution in [0.1, 0.15) is 23.6 Å². The first-order chi connectivity index (χ1) is 6.35. The van der Waals surface area contributed by atoms with Crippen LogP contribution >= 0.6 is 0 Å². The van der Waals surface area contributed by atoms with Gasteiger partial charge in [0.25, 0.3) is 6.43 Å². The Morgan fingerprint density at radius 3 is 2.21 bits per heavy atom. The molecule has 1 rings (SSSR count). The summed E-state index contributed by atoms with van der Waals surface area (Å²) in [5.74, 6) is 0. The Morgan fingerprint density at radius 1 is 1.21 bits per heavy atom. The number of hydrogen-bond donors (Lipinski definition) is 1. The van der Waals surface area contributed by atoms with Crippen molar-refractivity contribution in [3.8, 4) is 0 Å². The van der Waals surface area contributed by atoms with E-state index in [0.29, 0.717) is 5.56 Å². The average Bonchev–Trinajstić information content (AvgIpc) is 2.09. The summed E-state index contributed by atoms with van der Waals surface area (Å²) in [7, 11) is 0. The molecule has 0 aliphatic carbocycles. The Bertz CT molecular complexity index is 332. The summed E-state index contributed by atoms with van der Waals surface area (Å²) in [5.41, 5.74) is 6.54. The standard InChI is InChI=1S/C11H15F2N/c1-7-4-5-9(6-8(7)2)11(3,14)10(12)13/h4-6,10H,14H2,1-3H3. The van der Waals surface area contributed by atoms with Crippen LogP contribution in [0.25, 0.3) is 0 Å². The molecule has 0 heterocycles. The van der Waals surface area contributed by atoms with Gasteiger partial charge < -0.3 is 5.73 Å². The third-order valence-electron chi connectivity index (χ3n) is 2.58. The fourth-order valence-electron chi connectivity index (χ4n) is 1.20. The average molecular weight is 199 g/mol. The van der Waals surface area contributed by atoms with Crippen LogP contribution in [-0.4, -0.2) is 6.43 Å². The van der Waals surface area contributed by atoms with Crippen molar-refractivity contribution in [1.29, 1.82) is 0 Å². The summed E-state index contributed by atoms with van der Waals surface area (Å²) in [6.07, 6.45) is -2.55. The fraction of sp³-hybridized carbons (Fsp3) is 0.455. The Morgan fingerprint density at radius 2 is 1.79 bits per heavy atom. The summed E-state index contributed by atoms with van der Waals surface area (Å²) < 4.78 is 25.2. The van der Waals surface area contributed by atoms with E-state index in [1.807, 2.05) is 19.9 Å². The van der Waals surface area contributed by atoms with Gasteiger partial charge in [0.15, 0.2) is 0 Å². The number of rotatable bonds is 2. The van der Waals surface area contributed by atoms with Crippen LogP contribution in [0.15, 0.2) is 18.2 Å². The van der Waals surface area contributed by atoms with Crippen LogP contribution in [-0.2, 0) is 5.54 Å². The first kappa shape index (κ1) is 11.1. The molecule has 0 amide bonds. The van der Waals surface area contributed by atoms with Crippen molar-refractivity contribution in [1.82, 2.24) is 0 Å². The van der Waals surface area contributed by atoms with Crippen LogP contribution in [0, 0.1) is 13.8 Å². The molecule has 0 saturated heterocycles. The lowest BCUT2D eigenvalue weighted by Crippen LogP contribution is -2.40. The molecule has 0 aliphatic rings. The summed E-state index contributed by atoms with van der Waals surface area (Å²) in [4.78, 5) is 0. The van der Waals surface area contributed by atoms with Crippen LogP contribution < -0.4 is 5.73 Å². The van der Waals surface area contributed by atoms with Crippen molar-refractivity contribution < 1.29 is 8.78 Å². The monoisotopic (exact) mass is 199 g/mol. The normalized spacial score (nSPS) is 15.6. The van der Waals surface area contributed by atoms with Gasteiger partial charge in [-0.3, -0.25) is 0 Å². The van der Waals surface area contributed by atoms with Gasteiger partial charge in [-0.15, -0.1) is 0 Å². The lowest BCUT2D eigenvalue weighted by molar-refractivity contribution is 0.0625. The van der Waals surface area contributed by atoms with Gasteiger partial charge >= 0.3 is 0 Å². The zero-order chi connectivity index (χ0) is 10.9. The topological polar surface area (TPSA) is 26.0 Å². The van der Waals surface area contributed by atoms with Crippen LogP contribution in [0.2, 0.25) is 0 Å². The minimum Gasteiger partial charge on any atom is -0.317 e. The molecule has 0 radical (unpaired) electrons. The third-order valence-corrected chi connectivity index (χ3v) is 2.58. The van der Waals surface area contributed by atoms with E-state index in [0.717, 1.165) is 11.1 Å². The second-order valence-corrected chi connectivity index (χ2v) is 3.88. The number of aryl methyl sites for hydroxylation is 2. The molecule has 0 fully saturated rings. The number of nitrogens with two attached hydrogens (primary N) is 1. The summed E-state index contributed by atoms with van der Waals surface area (Å²) in [6, 6.07) is 5.20. The van der Waals surface area contributed by atoms with E-state index in [1.54, 1.807) is 12.1 Å². The van der Waals surface area contributed by atoms with E-state index < -0.39 is 12.0 Å². The van der Waals surface area contributed by atoms with Gasteiger partial charge in [-0.05, 0) is 37.5 Å². The molecule has 0 bridgehead atoms. The minimum atomic E-state index is -2.55. The molecule has 14 heavy (non-hydrogen) atoms. The van der Waals surface area contributed by atoms with Gasteiger partial charge in [-0.1, -0.05) is 18.2 Å². The van der Waals surface area contributed by atoms with Gasteiger partial charge in [-0.2, -0.15) is 0 Å². The van der Waals surface area contributed by atoms with Crippen molar-refractivity contribution in [3.63, 3.8) is 0 Å². The van der Waals surface area contributed by atoms with Gasteiger partial charge in [0.2, 0.25) is 0 Å². The summed E-state index contributed by atoms with van der Waals surface area (Å²) >= 11 is 0. The zero-order valence-electron chi connectivity index (χ0n) is 8.64. The van der Waals surface area contributed by atoms with E-state index in [1.165, 1.54) is 6.92 Å². The quantitative estimate of drug-likeness (QED) is 0.778. The second kappa shape index (κ2) is 3.65. The molecular weight excluding hydrogens is 184 g/mol. The first-order valence-corrected chi connectivity index (χ1v) is 4.50. The maximum absolute atomic E-state index is 12.6. The van der Waals surface area contributed by atoms with Crippen molar-refractivity contribution in [2.24, 2.45) is 5.73 Å². The van der Waals surface area contributed by atoms with Crippen LogP contribution in [0.5, 0.6) is 0 Å². The van der Waals surface area contributed by atoms with Crippen molar-refractivity contribution in [2.75, 3.05) is 0 Å². The molecule has 2 N–H and O–H groups in total. The molecule has 0 spiro atoms. The highest BCUT2D eigenvalue weighted by molar-refractivity contribution is 5.34. The first-order valence-electron chi connectivity index (χ1n) is 4.50. The van der Waals surface area contributed by atoms with Gasteiger partial charge in [0, 0.05) is 0 Å². The molecule has 1 nitrogen and oxygen atoms in total. The molecule has 1 aromatic carbocycles. The zero-order valence-corrected chi connectivity index (χ0v) is 8.64. The van der Waals surface area contributed by atoms with E-state index in [2.05, 4.69) is 0 Å². The Balaban J connectivity index is 3.14. The number of hydrogen-bond acceptors (Lipinski definition) is 1. The highest BCUT2D eigenvalue weighted by Crippen LogP contribution is 2.26. The van der Waals surface area contributed by atoms with Gasteiger partial charge in [0.1, 0.15) is 0 Å². The number of benzene rings is 1. The van der Waals surface area contributed by atoms with E-state index >= 15 is 0 Å². The molecular formula is C11H15F2N. The van der Waals surface area contributed by atoms with Crippen LogP contribution in [0.3, 0.4) is 0 Å². The molecule has 0 aliphatic heterocycles. The molecule has 1 aromatic rings.